The molecule has 0 bridgehead atoms. The van der Waals surface area contributed by atoms with Crippen molar-refractivity contribution in [2.24, 2.45) is 4.99 Å². The lowest BCUT2D eigenvalue weighted by Gasteiger charge is -2.35. The van der Waals surface area contributed by atoms with Crippen molar-refractivity contribution in [3.05, 3.63) is 35.6 Å². The van der Waals surface area contributed by atoms with Crippen molar-refractivity contribution in [3.63, 3.8) is 0 Å². The molecule has 1 aliphatic rings. The van der Waals surface area contributed by atoms with Crippen LogP contribution in [-0.4, -0.2) is 61.7 Å². The molecule has 23 heavy (non-hydrogen) atoms. The van der Waals surface area contributed by atoms with Crippen LogP contribution in [0, 0.1) is 5.82 Å². The van der Waals surface area contributed by atoms with Crippen LogP contribution in [-0.2, 0) is 11.3 Å². The van der Waals surface area contributed by atoms with Crippen LogP contribution in [0.2, 0.25) is 0 Å². The van der Waals surface area contributed by atoms with Crippen LogP contribution in [0.25, 0.3) is 0 Å². The van der Waals surface area contributed by atoms with Gasteiger partial charge in [-0.05, 0) is 24.6 Å². The summed E-state index contributed by atoms with van der Waals surface area (Å²) in [7, 11) is 1.73. The smallest absolute Gasteiger partial charge is 0.409 e. The van der Waals surface area contributed by atoms with E-state index in [0.717, 1.165) is 11.5 Å². The summed E-state index contributed by atoms with van der Waals surface area (Å²) >= 11 is 0. The van der Waals surface area contributed by atoms with E-state index in [4.69, 9.17) is 4.74 Å². The van der Waals surface area contributed by atoms with Gasteiger partial charge in [-0.25, -0.2) is 9.18 Å². The molecule has 0 spiro atoms. The fourth-order valence-electron chi connectivity index (χ4n) is 2.43. The molecule has 1 aromatic rings. The number of hydrogen-bond acceptors (Lipinski definition) is 3. The van der Waals surface area contributed by atoms with Crippen LogP contribution in [0.5, 0.6) is 0 Å². The predicted octanol–water partition coefficient (Wildman–Crippen LogP) is 1.68. The third-order valence-corrected chi connectivity index (χ3v) is 3.68. The summed E-state index contributed by atoms with van der Waals surface area (Å²) in [4.78, 5) is 19.8. The van der Waals surface area contributed by atoms with E-state index in [1.165, 1.54) is 12.1 Å². The maximum Gasteiger partial charge on any atom is 0.409 e. The first-order valence-electron chi connectivity index (χ1n) is 7.75. The molecule has 1 amide bonds. The van der Waals surface area contributed by atoms with Gasteiger partial charge in [0.1, 0.15) is 5.82 Å². The number of rotatable bonds is 3. The first-order valence-corrected chi connectivity index (χ1v) is 7.75. The van der Waals surface area contributed by atoms with Gasteiger partial charge in [0, 0.05) is 39.8 Å². The van der Waals surface area contributed by atoms with E-state index in [2.05, 4.69) is 15.2 Å². The molecular weight excluding hydrogens is 299 g/mol. The normalized spacial score (nSPS) is 15.5. The van der Waals surface area contributed by atoms with Gasteiger partial charge in [-0.15, -0.1) is 0 Å². The maximum absolute atomic E-state index is 12.9. The monoisotopic (exact) mass is 322 g/mol. The molecule has 1 N–H and O–H groups in total. The molecule has 1 aliphatic heterocycles. The lowest BCUT2D eigenvalue weighted by Crippen LogP contribution is -2.53. The number of amides is 1. The molecule has 0 atom stereocenters. The lowest BCUT2D eigenvalue weighted by atomic mass is 10.2. The minimum atomic E-state index is -0.263. The van der Waals surface area contributed by atoms with Crippen molar-refractivity contribution in [1.29, 1.82) is 0 Å². The molecule has 6 nitrogen and oxygen atoms in total. The Morgan fingerprint density at radius 1 is 1.22 bits per heavy atom. The van der Waals surface area contributed by atoms with Gasteiger partial charge in [0.15, 0.2) is 5.96 Å². The molecule has 0 saturated carbocycles. The van der Waals surface area contributed by atoms with E-state index < -0.39 is 0 Å². The molecular formula is C16H23FN4O2. The SMILES string of the molecule is CCOC(=O)N1CCN(C(=NC)NCc2ccc(F)cc2)CC1. The van der Waals surface area contributed by atoms with Crippen LogP contribution < -0.4 is 5.32 Å². The second kappa shape index (κ2) is 8.36. The van der Waals surface area contributed by atoms with Gasteiger partial charge < -0.3 is 19.9 Å². The predicted molar refractivity (Wildman–Crippen MR) is 86.8 cm³/mol. The quantitative estimate of drug-likeness (QED) is 0.679. The summed E-state index contributed by atoms with van der Waals surface area (Å²) < 4.78 is 17.9. The first-order chi connectivity index (χ1) is 11.1. The molecule has 0 aliphatic carbocycles. The zero-order valence-corrected chi connectivity index (χ0v) is 13.6. The van der Waals surface area contributed by atoms with Gasteiger partial charge in [0.2, 0.25) is 0 Å². The number of nitrogens with one attached hydrogen (secondary N) is 1. The molecule has 2 rings (SSSR count). The Balaban J connectivity index is 1.83. The topological polar surface area (TPSA) is 57.2 Å². The Morgan fingerprint density at radius 3 is 2.39 bits per heavy atom. The van der Waals surface area contributed by atoms with Gasteiger partial charge in [0.25, 0.3) is 0 Å². The lowest BCUT2D eigenvalue weighted by molar-refractivity contribution is 0.0914. The Hall–Kier alpha value is -2.31. The van der Waals surface area contributed by atoms with E-state index in [9.17, 15) is 9.18 Å². The standard InChI is InChI=1S/C16H23FN4O2/c1-3-23-16(22)21-10-8-20(9-11-21)15(18-2)19-12-13-4-6-14(17)7-5-13/h4-7H,3,8-12H2,1-2H3,(H,18,19). The van der Waals surface area contributed by atoms with Crippen LogP contribution >= 0.6 is 0 Å². The highest BCUT2D eigenvalue weighted by Gasteiger charge is 2.23. The number of aliphatic imine (C=N–C) groups is 1. The van der Waals surface area contributed by atoms with E-state index in [1.54, 1.807) is 31.0 Å². The number of nitrogens with zero attached hydrogens (tertiary/aromatic N) is 3. The average molecular weight is 322 g/mol. The van der Waals surface area contributed by atoms with E-state index in [1.807, 2.05) is 0 Å². The molecule has 1 fully saturated rings. The fourth-order valence-corrected chi connectivity index (χ4v) is 2.43. The summed E-state index contributed by atoms with van der Waals surface area (Å²) in [6.45, 7) is 5.37. The van der Waals surface area contributed by atoms with E-state index in [-0.39, 0.29) is 11.9 Å². The fraction of sp³-hybridized carbons (Fsp3) is 0.500. The van der Waals surface area contributed by atoms with Crippen molar-refractivity contribution in [1.82, 2.24) is 15.1 Å². The average Bonchev–Trinajstić information content (AvgIpc) is 2.58. The molecule has 1 heterocycles. The number of halogens is 1. The van der Waals surface area contributed by atoms with Crippen LogP contribution in [0.3, 0.4) is 0 Å². The number of ether oxygens (including phenoxy) is 1. The van der Waals surface area contributed by atoms with Crippen molar-refractivity contribution in [2.45, 2.75) is 13.5 Å². The van der Waals surface area contributed by atoms with Gasteiger partial charge >= 0.3 is 6.09 Å². The molecule has 126 valence electrons. The van der Waals surface area contributed by atoms with Gasteiger partial charge in [-0.3, -0.25) is 4.99 Å². The van der Waals surface area contributed by atoms with Crippen LogP contribution in [0.15, 0.2) is 29.3 Å². The summed E-state index contributed by atoms with van der Waals surface area (Å²) in [5.41, 5.74) is 0.984. The third-order valence-electron chi connectivity index (χ3n) is 3.68. The number of guanidine groups is 1. The Bertz CT molecular complexity index is 540. The third kappa shape index (κ3) is 4.84. The van der Waals surface area contributed by atoms with Crippen molar-refractivity contribution < 1.29 is 13.9 Å². The second-order valence-corrected chi connectivity index (χ2v) is 5.20. The van der Waals surface area contributed by atoms with E-state index >= 15 is 0 Å². The van der Waals surface area contributed by atoms with Gasteiger partial charge in [-0.2, -0.15) is 0 Å². The number of hydrogen-bond donors (Lipinski definition) is 1. The Labute approximate surface area is 135 Å². The molecule has 1 aromatic carbocycles. The summed E-state index contributed by atoms with van der Waals surface area (Å²) in [5, 5.41) is 3.26. The number of benzene rings is 1. The Kier molecular flexibility index (Phi) is 6.19. The molecule has 0 radical (unpaired) electrons. The van der Waals surface area contributed by atoms with Crippen molar-refractivity contribution in [3.8, 4) is 0 Å². The summed E-state index contributed by atoms with van der Waals surface area (Å²) in [6.07, 6.45) is -0.263. The molecule has 7 heteroatoms. The minimum absolute atomic E-state index is 0.242. The Morgan fingerprint density at radius 2 is 1.83 bits per heavy atom. The summed E-state index contributed by atoms with van der Waals surface area (Å²) in [6, 6.07) is 6.37. The van der Waals surface area contributed by atoms with Crippen LogP contribution in [0.1, 0.15) is 12.5 Å². The van der Waals surface area contributed by atoms with Gasteiger partial charge in [-0.1, -0.05) is 12.1 Å². The first kappa shape index (κ1) is 17.1. The largest absolute Gasteiger partial charge is 0.450 e. The highest BCUT2D eigenvalue weighted by atomic mass is 19.1. The van der Waals surface area contributed by atoms with Crippen molar-refractivity contribution >= 4 is 12.1 Å². The molecule has 0 unspecified atom stereocenters. The molecule has 0 aromatic heterocycles. The second-order valence-electron chi connectivity index (χ2n) is 5.20. The van der Waals surface area contributed by atoms with Crippen LogP contribution in [0.4, 0.5) is 9.18 Å². The highest BCUT2D eigenvalue weighted by molar-refractivity contribution is 5.80. The molecule has 1 saturated heterocycles. The van der Waals surface area contributed by atoms with Gasteiger partial charge in [0.05, 0.1) is 6.61 Å². The number of carbonyl (C=O) groups excluding carboxylic acids is 1. The number of carbonyl (C=O) groups is 1. The van der Waals surface area contributed by atoms with Crippen molar-refractivity contribution in [2.75, 3.05) is 39.8 Å². The minimum Gasteiger partial charge on any atom is -0.450 e. The maximum atomic E-state index is 12.9. The zero-order chi connectivity index (χ0) is 16.7. The summed E-state index contributed by atoms with van der Waals surface area (Å²) in [5.74, 6) is 0.533. The highest BCUT2D eigenvalue weighted by Crippen LogP contribution is 2.06. The zero-order valence-electron chi connectivity index (χ0n) is 13.6. The number of piperazine rings is 1. The van der Waals surface area contributed by atoms with E-state index in [0.29, 0.717) is 39.3 Å².